The van der Waals surface area contributed by atoms with Gasteiger partial charge in [-0.2, -0.15) is 26.3 Å². The van der Waals surface area contributed by atoms with Crippen LogP contribution in [-0.2, 0) is 5.41 Å². The van der Waals surface area contributed by atoms with Crippen LogP contribution in [0.3, 0.4) is 0 Å². The number of amides is 1. The zero-order chi connectivity index (χ0) is 26.3. The molecule has 0 fully saturated rings. The van der Waals surface area contributed by atoms with Crippen LogP contribution in [0.25, 0.3) is 0 Å². The summed E-state index contributed by atoms with van der Waals surface area (Å²) in [6.07, 6.45) is -11.5. The third kappa shape index (κ3) is 4.69. The van der Waals surface area contributed by atoms with Crippen molar-refractivity contribution in [2.75, 3.05) is 5.32 Å². The second-order valence-electron chi connectivity index (χ2n) is 8.19. The number of hydrogen-bond donors (Lipinski definition) is 2. The highest BCUT2D eigenvalue weighted by molar-refractivity contribution is 6.31. The molecule has 0 bridgehead atoms. The number of phenols is 1. The summed E-state index contributed by atoms with van der Waals surface area (Å²) in [6, 6.07) is 8.93. The Balaban J connectivity index is 2.24. The van der Waals surface area contributed by atoms with Gasteiger partial charge < -0.3 is 10.4 Å². The molecule has 0 unspecified atom stereocenters. The van der Waals surface area contributed by atoms with Gasteiger partial charge in [-0.3, -0.25) is 4.79 Å². The molecule has 0 aliphatic rings. The summed E-state index contributed by atoms with van der Waals surface area (Å²) in [6.45, 7) is 4.41. The number of rotatable bonds is 4. The first-order valence-electron chi connectivity index (χ1n) is 10.2. The van der Waals surface area contributed by atoms with Crippen LogP contribution >= 0.6 is 11.6 Å². The van der Waals surface area contributed by atoms with Crippen LogP contribution in [0.15, 0.2) is 54.6 Å². The van der Waals surface area contributed by atoms with Gasteiger partial charge in [0.15, 0.2) is 0 Å². The maximum atomic E-state index is 14.5. The molecule has 10 heteroatoms. The van der Waals surface area contributed by atoms with Gasteiger partial charge in [0.25, 0.3) is 5.91 Å². The number of nitrogens with one attached hydrogen (secondary N) is 1. The number of alkyl halides is 6. The molecule has 0 spiro atoms. The maximum Gasteiger partial charge on any atom is 0.411 e. The average molecular weight is 516 g/mol. The molecule has 0 atom stereocenters. The molecule has 1 amide bonds. The Morgan fingerprint density at radius 1 is 0.771 bits per heavy atom. The lowest BCUT2D eigenvalue weighted by molar-refractivity contribution is -0.288. The molecular formula is C25H20ClF6NO2. The van der Waals surface area contributed by atoms with E-state index in [1.165, 1.54) is 26.0 Å². The monoisotopic (exact) mass is 515 g/mol. The van der Waals surface area contributed by atoms with E-state index in [1.54, 1.807) is 6.92 Å². The van der Waals surface area contributed by atoms with E-state index in [-0.39, 0.29) is 27.4 Å². The van der Waals surface area contributed by atoms with Crippen molar-refractivity contribution in [1.82, 2.24) is 0 Å². The van der Waals surface area contributed by atoms with Crippen LogP contribution in [0.4, 0.5) is 32.0 Å². The Morgan fingerprint density at radius 2 is 1.31 bits per heavy atom. The summed E-state index contributed by atoms with van der Waals surface area (Å²) >= 11 is 5.83. The lowest BCUT2D eigenvalue weighted by atomic mass is 9.72. The zero-order valence-electron chi connectivity index (χ0n) is 18.7. The molecule has 0 saturated carbocycles. The highest BCUT2D eigenvalue weighted by Gasteiger charge is 2.72. The lowest BCUT2D eigenvalue weighted by Crippen LogP contribution is -2.54. The number of aromatic hydroxyl groups is 1. The molecule has 3 nitrogen and oxygen atoms in total. The minimum atomic E-state index is -5.77. The SMILES string of the molecule is Cc1ccc(C(c2ccc(C)c(NC(=O)c3cc(Cl)ccc3O)c2)(C(F)(F)F)C(F)(F)F)cc1C. The molecule has 0 aliphatic heterocycles. The van der Waals surface area contributed by atoms with E-state index in [4.69, 9.17) is 11.6 Å². The summed E-state index contributed by atoms with van der Waals surface area (Å²) in [5.74, 6) is -1.42. The van der Waals surface area contributed by atoms with Crippen molar-refractivity contribution in [3.63, 3.8) is 0 Å². The van der Waals surface area contributed by atoms with Gasteiger partial charge in [-0.25, -0.2) is 0 Å². The normalized spacial score (nSPS) is 12.5. The lowest BCUT2D eigenvalue weighted by Gasteiger charge is -2.39. The first kappa shape index (κ1) is 26.4. The summed E-state index contributed by atoms with van der Waals surface area (Å²) in [5, 5.41) is 12.3. The Morgan fingerprint density at radius 3 is 1.86 bits per heavy atom. The largest absolute Gasteiger partial charge is 0.507 e. The Labute approximate surface area is 202 Å². The van der Waals surface area contributed by atoms with Gasteiger partial charge in [0, 0.05) is 10.7 Å². The molecule has 0 radical (unpaired) electrons. The summed E-state index contributed by atoms with van der Waals surface area (Å²) in [4.78, 5) is 12.7. The second-order valence-corrected chi connectivity index (χ2v) is 8.63. The van der Waals surface area contributed by atoms with E-state index < -0.39 is 40.6 Å². The first-order valence-corrected chi connectivity index (χ1v) is 10.6. The van der Waals surface area contributed by atoms with Crippen LogP contribution in [-0.4, -0.2) is 23.4 Å². The van der Waals surface area contributed by atoms with Crippen molar-refractivity contribution in [1.29, 1.82) is 0 Å². The van der Waals surface area contributed by atoms with Crippen molar-refractivity contribution >= 4 is 23.2 Å². The van der Waals surface area contributed by atoms with E-state index in [2.05, 4.69) is 5.32 Å². The predicted octanol–water partition coefficient (Wildman–Crippen LogP) is 7.63. The molecule has 3 aromatic rings. The molecule has 0 aliphatic carbocycles. The third-order valence-electron chi connectivity index (χ3n) is 5.91. The number of aryl methyl sites for hydroxylation is 3. The molecular weight excluding hydrogens is 496 g/mol. The Hall–Kier alpha value is -3.20. The third-order valence-corrected chi connectivity index (χ3v) is 6.15. The second kappa shape index (κ2) is 9.11. The van der Waals surface area contributed by atoms with Gasteiger partial charge in [-0.1, -0.05) is 41.9 Å². The standard InChI is InChI=1S/C25H20ClF6NO2/c1-13-4-6-16(10-15(13)3)23(24(27,28)29,25(30,31)32)17-7-5-14(2)20(11-17)33-22(35)19-12-18(26)8-9-21(19)34/h4-12,34H,1-3H3,(H,33,35). The minimum Gasteiger partial charge on any atom is -0.507 e. The van der Waals surface area contributed by atoms with Gasteiger partial charge in [0.2, 0.25) is 5.41 Å². The topological polar surface area (TPSA) is 49.3 Å². The van der Waals surface area contributed by atoms with Crippen molar-refractivity contribution < 1.29 is 36.2 Å². The molecule has 0 aromatic heterocycles. The van der Waals surface area contributed by atoms with Gasteiger partial charge in [-0.15, -0.1) is 0 Å². The molecule has 3 rings (SSSR count). The van der Waals surface area contributed by atoms with Crippen LogP contribution in [0, 0.1) is 20.8 Å². The quantitative estimate of drug-likeness (QED) is 0.351. The van der Waals surface area contributed by atoms with Crippen molar-refractivity contribution in [2.45, 2.75) is 38.5 Å². The minimum absolute atomic E-state index is 0.0984. The van der Waals surface area contributed by atoms with Crippen molar-refractivity contribution in [2.24, 2.45) is 0 Å². The zero-order valence-corrected chi connectivity index (χ0v) is 19.5. The van der Waals surface area contributed by atoms with Crippen LogP contribution in [0.1, 0.15) is 38.2 Å². The van der Waals surface area contributed by atoms with Gasteiger partial charge in [0.05, 0.1) is 5.56 Å². The van der Waals surface area contributed by atoms with E-state index in [0.717, 1.165) is 36.4 Å². The van der Waals surface area contributed by atoms with E-state index in [0.29, 0.717) is 11.6 Å². The maximum absolute atomic E-state index is 14.5. The van der Waals surface area contributed by atoms with E-state index in [9.17, 15) is 36.2 Å². The fraction of sp³-hybridized carbons (Fsp3) is 0.240. The number of halogens is 7. The number of hydrogen-bond acceptors (Lipinski definition) is 2. The highest BCUT2D eigenvalue weighted by Crippen LogP contribution is 2.56. The number of carbonyl (C=O) groups excluding carboxylic acids is 1. The van der Waals surface area contributed by atoms with E-state index >= 15 is 0 Å². The fourth-order valence-electron chi connectivity index (χ4n) is 3.83. The molecule has 0 saturated heterocycles. The Bertz CT molecular complexity index is 1270. The molecule has 35 heavy (non-hydrogen) atoms. The van der Waals surface area contributed by atoms with Gasteiger partial charge in [0.1, 0.15) is 5.75 Å². The van der Waals surface area contributed by atoms with Crippen molar-refractivity contribution in [3.05, 3.63) is 93.0 Å². The smallest absolute Gasteiger partial charge is 0.411 e. The molecule has 3 aromatic carbocycles. The molecule has 186 valence electrons. The first-order chi connectivity index (χ1) is 16.1. The fourth-order valence-corrected chi connectivity index (χ4v) is 4.00. The number of carbonyl (C=O) groups is 1. The van der Waals surface area contributed by atoms with Crippen molar-refractivity contribution in [3.8, 4) is 5.75 Å². The predicted molar refractivity (Wildman–Crippen MR) is 121 cm³/mol. The van der Waals surface area contributed by atoms with Gasteiger partial charge in [-0.05, 0) is 72.9 Å². The van der Waals surface area contributed by atoms with E-state index in [1.807, 2.05) is 0 Å². The number of phenolic OH excluding ortho intramolecular Hbond substituents is 1. The summed E-state index contributed by atoms with van der Waals surface area (Å²) < 4.78 is 86.9. The highest BCUT2D eigenvalue weighted by atomic mass is 35.5. The van der Waals surface area contributed by atoms with Crippen LogP contribution in [0.5, 0.6) is 5.75 Å². The summed E-state index contributed by atoms with van der Waals surface area (Å²) in [5.41, 5.74) is -6.04. The summed E-state index contributed by atoms with van der Waals surface area (Å²) in [7, 11) is 0. The number of benzene rings is 3. The average Bonchev–Trinajstić information content (AvgIpc) is 2.73. The number of anilines is 1. The molecule has 2 N–H and O–H groups in total. The van der Waals surface area contributed by atoms with Crippen LogP contribution < -0.4 is 5.32 Å². The Kier molecular flexibility index (Phi) is 6.87. The molecule has 0 heterocycles. The van der Waals surface area contributed by atoms with Crippen LogP contribution in [0.2, 0.25) is 5.02 Å². The van der Waals surface area contributed by atoms with Gasteiger partial charge >= 0.3 is 12.4 Å².